The summed E-state index contributed by atoms with van der Waals surface area (Å²) < 4.78 is 0. The summed E-state index contributed by atoms with van der Waals surface area (Å²) in [4.78, 5) is 38.3. The average Bonchev–Trinajstić information content (AvgIpc) is 3.17. The lowest BCUT2D eigenvalue weighted by molar-refractivity contribution is -0.127. The van der Waals surface area contributed by atoms with Crippen molar-refractivity contribution >= 4 is 35.4 Å². The number of Topliss-reactive ketones (excluding diaryl/α,β-unsaturated/α-hetero) is 1. The molecule has 7 heteroatoms. The van der Waals surface area contributed by atoms with Gasteiger partial charge in [-0.3, -0.25) is 24.7 Å². The number of rotatable bonds is 2. The number of carbonyl (C=O) groups excluding carboxylic acids is 3. The molecular formula is C20H14ClN3O3. The lowest BCUT2D eigenvalue weighted by atomic mass is 9.83. The van der Waals surface area contributed by atoms with Crippen molar-refractivity contribution in [2.45, 2.75) is 12.1 Å². The first-order valence-electron chi connectivity index (χ1n) is 8.62. The normalized spacial score (nSPS) is 27.8. The maximum atomic E-state index is 13.3. The second-order valence-electron chi connectivity index (χ2n) is 6.92. The minimum Gasteiger partial charge on any atom is -0.296 e. The van der Waals surface area contributed by atoms with Crippen molar-refractivity contribution < 1.29 is 14.4 Å². The summed E-state index contributed by atoms with van der Waals surface area (Å²) in [7, 11) is 0. The van der Waals surface area contributed by atoms with Gasteiger partial charge in [-0.25, -0.2) is 0 Å². The third-order valence-corrected chi connectivity index (χ3v) is 5.78. The van der Waals surface area contributed by atoms with Crippen molar-refractivity contribution in [3.05, 3.63) is 70.2 Å². The number of nitrogens with one attached hydrogen (secondary N) is 1. The van der Waals surface area contributed by atoms with E-state index in [-0.39, 0.29) is 11.7 Å². The van der Waals surface area contributed by atoms with Gasteiger partial charge in [0, 0.05) is 10.6 Å². The molecule has 3 heterocycles. The quantitative estimate of drug-likeness (QED) is 0.640. The van der Waals surface area contributed by atoms with Crippen LogP contribution in [0.5, 0.6) is 0 Å². The van der Waals surface area contributed by atoms with E-state index in [1.807, 2.05) is 24.3 Å². The standard InChI is InChI=1S/C20H14ClN3O3/c21-12-7-5-10(6-8-12)18(25)17-15-14(19(26)23-20(15)27)16-13-4-2-1-3-11(13)9-22-24(16)17/h1-9,14-17H,(H,23,26,27)/t14-,15+,16+,17+/m0/s1. The summed E-state index contributed by atoms with van der Waals surface area (Å²) in [6, 6.07) is 12.8. The molecule has 5 rings (SSSR count). The lowest BCUT2D eigenvalue weighted by Crippen LogP contribution is -2.43. The summed E-state index contributed by atoms with van der Waals surface area (Å²) in [6.07, 6.45) is 1.68. The van der Waals surface area contributed by atoms with Crippen LogP contribution in [-0.2, 0) is 9.59 Å². The fourth-order valence-electron chi connectivity index (χ4n) is 4.37. The van der Waals surface area contributed by atoms with Crippen molar-refractivity contribution in [3.8, 4) is 0 Å². The van der Waals surface area contributed by atoms with Crippen LogP contribution in [0.1, 0.15) is 27.5 Å². The van der Waals surface area contributed by atoms with E-state index in [0.29, 0.717) is 10.6 Å². The largest absolute Gasteiger partial charge is 0.296 e. The van der Waals surface area contributed by atoms with Gasteiger partial charge >= 0.3 is 0 Å². The van der Waals surface area contributed by atoms with E-state index in [4.69, 9.17) is 11.6 Å². The van der Waals surface area contributed by atoms with Gasteiger partial charge in [0.25, 0.3) is 0 Å². The number of ketones is 1. The summed E-state index contributed by atoms with van der Waals surface area (Å²) in [5, 5.41) is 9.01. The van der Waals surface area contributed by atoms with Crippen molar-refractivity contribution in [1.29, 1.82) is 0 Å². The van der Waals surface area contributed by atoms with Crippen molar-refractivity contribution in [3.63, 3.8) is 0 Å². The van der Waals surface area contributed by atoms with Crippen LogP contribution in [0.15, 0.2) is 53.6 Å². The second-order valence-corrected chi connectivity index (χ2v) is 7.36. The lowest BCUT2D eigenvalue weighted by Gasteiger charge is -2.32. The molecule has 2 saturated heterocycles. The molecule has 2 aromatic carbocycles. The highest BCUT2D eigenvalue weighted by molar-refractivity contribution is 6.30. The van der Waals surface area contributed by atoms with Gasteiger partial charge < -0.3 is 0 Å². The maximum absolute atomic E-state index is 13.3. The first-order chi connectivity index (χ1) is 13.1. The van der Waals surface area contributed by atoms with Gasteiger partial charge in [-0.05, 0) is 35.4 Å². The Hall–Kier alpha value is -2.99. The number of fused-ring (bicyclic) bond motifs is 5. The summed E-state index contributed by atoms with van der Waals surface area (Å²) >= 11 is 5.92. The predicted molar refractivity (Wildman–Crippen MR) is 98.3 cm³/mol. The molecule has 2 fully saturated rings. The van der Waals surface area contributed by atoms with Gasteiger partial charge in [-0.15, -0.1) is 0 Å². The van der Waals surface area contributed by atoms with E-state index in [2.05, 4.69) is 10.4 Å². The van der Waals surface area contributed by atoms with Crippen LogP contribution in [0.4, 0.5) is 0 Å². The molecule has 0 radical (unpaired) electrons. The molecule has 0 unspecified atom stereocenters. The Morgan fingerprint density at radius 2 is 1.70 bits per heavy atom. The van der Waals surface area contributed by atoms with Crippen LogP contribution in [0.3, 0.4) is 0 Å². The van der Waals surface area contributed by atoms with E-state index in [1.54, 1.807) is 35.5 Å². The van der Waals surface area contributed by atoms with Gasteiger partial charge in [0.15, 0.2) is 5.78 Å². The van der Waals surface area contributed by atoms with Crippen molar-refractivity contribution in [2.24, 2.45) is 16.9 Å². The van der Waals surface area contributed by atoms with Crippen molar-refractivity contribution in [1.82, 2.24) is 10.3 Å². The molecule has 1 N–H and O–H groups in total. The minimum atomic E-state index is -0.836. The summed E-state index contributed by atoms with van der Waals surface area (Å²) in [5.74, 6) is -2.42. The second kappa shape index (κ2) is 5.76. The van der Waals surface area contributed by atoms with Crippen LogP contribution < -0.4 is 5.32 Å². The Morgan fingerprint density at radius 3 is 2.48 bits per heavy atom. The fourth-order valence-corrected chi connectivity index (χ4v) is 4.50. The highest BCUT2D eigenvalue weighted by Gasteiger charge is 2.62. The van der Waals surface area contributed by atoms with Crippen LogP contribution in [0, 0.1) is 11.8 Å². The number of hydrogen-bond acceptors (Lipinski definition) is 5. The molecule has 4 atom stereocenters. The van der Waals surface area contributed by atoms with Crippen LogP contribution in [0.25, 0.3) is 0 Å². The molecule has 0 spiro atoms. The zero-order valence-electron chi connectivity index (χ0n) is 14.0. The Morgan fingerprint density at radius 1 is 1.00 bits per heavy atom. The number of carbonyl (C=O) groups is 3. The minimum absolute atomic E-state index is 0.245. The Labute approximate surface area is 159 Å². The molecule has 27 heavy (non-hydrogen) atoms. The Balaban J connectivity index is 1.64. The molecule has 0 aromatic heterocycles. The van der Waals surface area contributed by atoms with Gasteiger partial charge in [-0.1, -0.05) is 35.9 Å². The maximum Gasteiger partial charge on any atom is 0.233 e. The molecule has 3 aliphatic rings. The molecule has 2 amide bonds. The predicted octanol–water partition coefficient (Wildman–Crippen LogP) is 2.18. The number of hydrazone groups is 1. The first-order valence-corrected chi connectivity index (χ1v) is 9.00. The third-order valence-electron chi connectivity index (χ3n) is 5.53. The molecule has 134 valence electrons. The van der Waals surface area contributed by atoms with E-state index >= 15 is 0 Å². The SMILES string of the molecule is O=C1NC(=O)[C@H]2[C@@H]1[C@H](C(=O)c1ccc(Cl)cc1)N1N=Cc3ccccc3[C@H]21. The molecule has 0 aliphatic carbocycles. The number of halogens is 1. The first kappa shape index (κ1) is 16.2. The number of benzene rings is 2. The van der Waals surface area contributed by atoms with Gasteiger partial charge in [0.1, 0.15) is 6.04 Å². The summed E-state index contributed by atoms with van der Waals surface area (Å²) in [6.45, 7) is 0. The Kier molecular flexibility index (Phi) is 3.45. The van der Waals surface area contributed by atoms with Gasteiger partial charge in [0.2, 0.25) is 11.8 Å². The average molecular weight is 380 g/mol. The van der Waals surface area contributed by atoms with Crippen LogP contribution in [-0.4, -0.2) is 34.9 Å². The molecule has 3 aliphatic heterocycles. The zero-order chi connectivity index (χ0) is 18.7. The highest BCUT2D eigenvalue weighted by Crippen LogP contribution is 2.50. The smallest absolute Gasteiger partial charge is 0.233 e. The van der Waals surface area contributed by atoms with E-state index in [1.165, 1.54) is 0 Å². The van der Waals surface area contributed by atoms with E-state index in [9.17, 15) is 14.4 Å². The molecule has 2 aromatic rings. The zero-order valence-corrected chi connectivity index (χ0v) is 14.8. The summed E-state index contributed by atoms with van der Waals surface area (Å²) in [5.41, 5.74) is 2.23. The van der Waals surface area contributed by atoms with Gasteiger partial charge in [0.05, 0.1) is 24.1 Å². The number of imide groups is 1. The molecule has 6 nitrogen and oxygen atoms in total. The number of hydrogen-bond donors (Lipinski definition) is 1. The third kappa shape index (κ3) is 2.26. The highest BCUT2D eigenvalue weighted by atomic mass is 35.5. The van der Waals surface area contributed by atoms with Crippen molar-refractivity contribution in [2.75, 3.05) is 0 Å². The molecule has 0 bridgehead atoms. The van der Waals surface area contributed by atoms with Crippen LogP contribution >= 0.6 is 11.6 Å². The fraction of sp³-hybridized carbons (Fsp3) is 0.200. The molecule has 0 saturated carbocycles. The van der Waals surface area contributed by atoms with E-state index < -0.39 is 29.8 Å². The van der Waals surface area contributed by atoms with E-state index in [0.717, 1.165) is 11.1 Å². The molecular weight excluding hydrogens is 366 g/mol. The Bertz CT molecular complexity index is 1020. The van der Waals surface area contributed by atoms with Gasteiger partial charge in [-0.2, -0.15) is 5.10 Å². The number of nitrogens with zero attached hydrogens (tertiary/aromatic N) is 2. The monoisotopic (exact) mass is 379 g/mol. The van der Waals surface area contributed by atoms with Crippen LogP contribution in [0.2, 0.25) is 5.02 Å². The topological polar surface area (TPSA) is 78.8 Å². The number of amides is 2.